The molecule has 0 amide bonds. The number of piperidine rings is 2. The van der Waals surface area contributed by atoms with Gasteiger partial charge in [-0.15, -0.1) is 0 Å². The summed E-state index contributed by atoms with van der Waals surface area (Å²) in [5, 5.41) is 3.53. The van der Waals surface area contributed by atoms with Gasteiger partial charge >= 0.3 is 0 Å². The van der Waals surface area contributed by atoms with E-state index in [4.69, 9.17) is 0 Å². The molecule has 0 aromatic rings. The summed E-state index contributed by atoms with van der Waals surface area (Å²) in [6, 6.07) is 0.841. The number of rotatable bonds is 3. The Morgan fingerprint density at radius 2 is 1.94 bits per heavy atom. The highest BCUT2D eigenvalue weighted by atomic mass is 15.2. The molecule has 2 saturated heterocycles. The zero-order chi connectivity index (χ0) is 11.4. The molecule has 2 rings (SSSR count). The molecule has 0 radical (unpaired) electrons. The topological polar surface area (TPSA) is 15.3 Å². The highest BCUT2D eigenvalue weighted by Gasteiger charge is 2.26. The van der Waals surface area contributed by atoms with Crippen LogP contribution in [0.25, 0.3) is 0 Å². The van der Waals surface area contributed by atoms with Crippen LogP contribution in [0.5, 0.6) is 0 Å². The third kappa shape index (κ3) is 3.46. The van der Waals surface area contributed by atoms with E-state index in [1.807, 2.05) is 0 Å². The lowest BCUT2D eigenvalue weighted by atomic mass is 9.87. The molecule has 0 bridgehead atoms. The minimum absolute atomic E-state index is 0.841. The van der Waals surface area contributed by atoms with Crippen molar-refractivity contribution in [3.63, 3.8) is 0 Å². The van der Waals surface area contributed by atoms with Gasteiger partial charge in [0.2, 0.25) is 0 Å². The minimum atomic E-state index is 0.841. The van der Waals surface area contributed by atoms with E-state index in [-0.39, 0.29) is 0 Å². The molecular formula is C14H28N2. The lowest BCUT2D eigenvalue weighted by Crippen LogP contribution is -2.49. The first kappa shape index (κ1) is 12.4. The number of hydrogen-bond donors (Lipinski definition) is 1. The van der Waals surface area contributed by atoms with Crippen molar-refractivity contribution in [3.8, 4) is 0 Å². The molecule has 2 aliphatic heterocycles. The van der Waals surface area contributed by atoms with Crippen molar-refractivity contribution in [3.05, 3.63) is 0 Å². The van der Waals surface area contributed by atoms with Gasteiger partial charge < -0.3 is 5.32 Å². The summed E-state index contributed by atoms with van der Waals surface area (Å²) in [4.78, 5) is 2.74. The van der Waals surface area contributed by atoms with Crippen LogP contribution in [0.2, 0.25) is 0 Å². The second-order valence-electron chi connectivity index (χ2n) is 6.11. The standard InChI is InChI=1S/C14H28N2/c1-12(2)10-13-5-8-16(9-6-13)14-4-3-7-15-11-14/h12-15H,3-11H2,1-2H3. The van der Waals surface area contributed by atoms with Crippen molar-refractivity contribution in [2.75, 3.05) is 26.2 Å². The molecule has 2 heteroatoms. The molecule has 1 unspecified atom stereocenters. The van der Waals surface area contributed by atoms with Crippen LogP contribution in [0.3, 0.4) is 0 Å². The number of nitrogens with one attached hydrogen (secondary N) is 1. The fourth-order valence-corrected chi connectivity index (χ4v) is 3.37. The third-order valence-electron chi connectivity index (χ3n) is 4.24. The molecule has 0 spiro atoms. The van der Waals surface area contributed by atoms with Crippen molar-refractivity contribution in [1.82, 2.24) is 10.2 Å². The Morgan fingerprint density at radius 3 is 2.50 bits per heavy atom. The number of likely N-dealkylation sites (tertiary alicyclic amines) is 1. The largest absolute Gasteiger partial charge is 0.315 e. The van der Waals surface area contributed by atoms with Crippen LogP contribution in [-0.4, -0.2) is 37.1 Å². The van der Waals surface area contributed by atoms with E-state index in [1.54, 1.807) is 0 Å². The Balaban J connectivity index is 1.71. The Hall–Kier alpha value is -0.0800. The van der Waals surface area contributed by atoms with Crippen molar-refractivity contribution in [2.45, 2.75) is 52.0 Å². The lowest BCUT2D eigenvalue weighted by molar-refractivity contribution is 0.107. The summed E-state index contributed by atoms with van der Waals surface area (Å²) in [6.07, 6.45) is 7.11. The summed E-state index contributed by atoms with van der Waals surface area (Å²) < 4.78 is 0. The van der Waals surface area contributed by atoms with Crippen LogP contribution in [0.1, 0.15) is 46.0 Å². The molecule has 0 aliphatic carbocycles. The number of hydrogen-bond acceptors (Lipinski definition) is 2. The molecule has 94 valence electrons. The highest BCUT2D eigenvalue weighted by molar-refractivity contribution is 4.82. The van der Waals surface area contributed by atoms with Gasteiger partial charge in [-0.2, -0.15) is 0 Å². The summed E-state index contributed by atoms with van der Waals surface area (Å²) >= 11 is 0. The van der Waals surface area contributed by atoms with Crippen LogP contribution >= 0.6 is 0 Å². The van der Waals surface area contributed by atoms with E-state index in [9.17, 15) is 0 Å². The Labute approximate surface area is 101 Å². The third-order valence-corrected chi connectivity index (χ3v) is 4.24. The van der Waals surface area contributed by atoms with E-state index >= 15 is 0 Å². The van der Waals surface area contributed by atoms with E-state index in [0.29, 0.717) is 0 Å². The average molecular weight is 224 g/mol. The quantitative estimate of drug-likeness (QED) is 0.792. The molecule has 2 heterocycles. The van der Waals surface area contributed by atoms with Gasteiger partial charge in [-0.25, -0.2) is 0 Å². The average Bonchev–Trinajstić information content (AvgIpc) is 2.30. The van der Waals surface area contributed by atoms with E-state index in [1.165, 1.54) is 58.3 Å². The zero-order valence-electron chi connectivity index (χ0n) is 11.0. The van der Waals surface area contributed by atoms with Gasteiger partial charge in [0.05, 0.1) is 0 Å². The predicted octanol–water partition coefficient (Wildman–Crippen LogP) is 2.50. The summed E-state index contributed by atoms with van der Waals surface area (Å²) in [5.41, 5.74) is 0. The fourth-order valence-electron chi connectivity index (χ4n) is 3.37. The molecule has 16 heavy (non-hydrogen) atoms. The predicted molar refractivity (Wildman–Crippen MR) is 69.6 cm³/mol. The normalized spacial score (nSPS) is 29.8. The van der Waals surface area contributed by atoms with Gasteiger partial charge in [-0.05, 0) is 63.6 Å². The Kier molecular flexibility index (Phi) is 4.66. The Bertz CT molecular complexity index is 189. The maximum absolute atomic E-state index is 3.53. The molecule has 0 aromatic carbocycles. The summed E-state index contributed by atoms with van der Waals surface area (Å²) in [6.45, 7) is 9.89. The molecule has 0 saturated carbocycles. The van der Waals surface area contributed by atoms with Gasteiger partial charge in [0, 0.05) is 12.6 Å². The molecule has 2 aliphatic rings. The van der Waals surface area contributed by atoms with Gasteiger partial charge in [0.25, 0.3) is 0 Å². The second-order valence-corrected chi connectivity index (χ2v) is 6.11. The summed E-state index contributed by atoms with van der Waals surface area (Å²) in [7, 11) is 0. The van der Waals surface area contributed by atoms with E-state index in [2.05, 4.69) is 24.1 Å². The molecular weight excluding hydrogens is 196 g/mol. The van der Waals surface area contributed by atoms with Gasteiger partial charge in [0.15, 0.2) is 0 Å². The molecule has 1 atom stereocenters. The van der Waals surface area contributed by atoms with Crippen molar-refractivity contribution in [2.24, 2.45) is 11.8 Å². The Morgan fingerprint density at radius 1 is 1.19 bits per heavy atom. The van der Waals surface area contributed by atoms with Crippen LogP contribution in [-0.2, 0) is 0 Å². The number of nitrogens with zero attached hydrogens (tertiary/aromatic N) is 1. The zero-order valence-corrected chi connectivity index (χ0v) is 11.0. The smallest absolute Gasteiger partial charge is 0.0221 e. The van der Waals surface area contributed by atoms with Gasteiger partial charge in [-0.1, -0.05) is 13.8 Å². The maximum atomic E-state index is 3.53. The van der Waals surface area contributed by atoms with Gasteiger partial charge in [-0.3, -0.25) is 4.90 Å². The monoisotopic (exact) mass is 224 g/mol. The van der Waals surface area contributed by atoms with Gasteiger partial charge in [0.1, 0.15) is 0 Å². The highest BCUT2D eigenvalue weighted by Crippen LogP contribution is 2.26. The van der Waals surface area contributed by atoms with Crippen molar-refractivity contribution < 1.29 is 0 Å². The van der Waals surface area contributed by atoms with Crippen LogP contribution in [0, 0.1) is 11.8 Å². The first-order valence-corrected chi connectivity index (χ1v) is 7.20. The van der Waals surface area contributed by atoms with Crippen molar-refractivity contribution in [1.29, 1.82) is 0 Å². The second kappa shape index (κ2) is 6.02. The molecule has 1 N–H and O–H groups in total. The SMILES string of the molecule is CC(C)CC1CCN(C2CCCNC2)CC1. The lowest BCUT2D eigenvalue weighted by Gasteiger charge is -2.39. The van der Waals surface area contributed by atoms with Crippen LogP contribution < -0.4 is 5.32 Å². The van der Waals surface area contributed by atoms with E-state index < -0.39 is 0 Å². The minimum Gasteiger partial charge on any atom is -0.315 e. The first-order valence-electron chi connectivity index (χ1n) is 7.20. The van der Waals surface area contributed by atoms with E-state index in [0.717, 1.165) is 17.9 Å². The van der Waals surface area contributed by atoms with Crippen molar-refractivity contribution >= 4 is 0 Å². The first-order chi connectivity index (χ1) is 7.75. The van der Waals surface area contributed by atoms with Crippen LogP contribution in [0.4, 0.5) is 0 Å². The maximum Gasteiger partial charge on any atom is 0.0221 e. The molecule has 0 aromatic heterocycles. The molecule has 2 nitrogen and oxygen atoms in total. The fraction of sp³-hybridized carbons (Fsp3) is 1.00. The molecule has 2 fully saturated rings. The van der Waals surface area contributed by atoms with Crippen LogP contribution in [0.15, 0.2) is 0 Å². The summed E-state index contributed by atoms with van der Waals surface area (Å²) in [5.74, 6) is 1.89.